The normalized spacial score (nSPS) is 18.2. The first-order valence-corrected chi connectivity index (χ1v) is 11.6. The Morgan fingerprint density at radius 2 is 2.07 bits per heavy atom. The molecule has 30 heavy (non-hydrogen) atoms. The van der Waals surface area contributed by atoms with Gasteiger partial charge in [0.25, 0.3) is 0 Å². The fraction of sp³-hybridized carbons (Fsp3) is 0.409. The van der Waals surface area contributed by atoms with Crippen LogP contribution < -0.4 is 4.90 Å². The third kappa shape index (κ3) is 3.45. The fourth-order valence-electron chi connectivity index (χ4n) is 4.29. The van der Waals surface area contributed by atoms with Crippen LogP contribution in [0.4, 0.5) is 5.95 Å². The quantitative estimate of drug-likeness (QED) is 0.455. The maximum atomic E-state index is 6.28. The van der Waals surface area contributed by atoms with Crippen LogP contribution in [-0.4, -0.2) is 56.7 Å². The molecule has 156 valence electrons. The molecule has 5 rings (SSSR count). The smallest absolute Gasteiger partial charge is 0.213 e. The van der Waals surface area contributed by atoms with Crippen molar-refractivity contribution in [3.05, 3.63) is 40.7 Å². The summed E-state index contributed by atoms with van der Waals surface area (Å²) in [6.45, 7) is 10.8. The van der Waals surface area contributed by atoms with Crippen LogP contribution in [-0.2, 0) is 0 Å². The van der Waals surface area contributed by atoms with Gasteiger partial charge in [0.1, 0.15) is 0 Å². The van der Waals surface area contributed by atoms with E-state index in [-0.39, 0.29) is 0 Å². The molecule has 4 aromatic rings. The van der Waals surface area contributed by atoms with E-state index in [4.69, 9.17) is 16.6 Å². The Morgan fingerprint density at radius 3 is 2.80 bits per heavy atom. The molecule has 1 aliphatic rings. The van der Waals surface area contributed by atoms with Crippen molar-refractivity contribution >= 4 is 45.4 Å². The molecular formula is C22H25ClN6S. The number of fused-ring (bicyclic) bond motifs is 3. The van der Waals surface area contributed by atoms with Crippen LogP contribution in [0.15, 0.2) is 35.7 Å². The van der Waals surface area contributed by atoms with Gasteiger partial charge in [-0.2, -0.15) is 0 Å². The van der Waals surface area contributed by atoms with Crippen LogP contribution in [0, 0.1) is 5.92 Å². The first kappa shape index (κ1) is 19.7. The first-order valence-electron chi connectivity index (χ1n) is 10.4. The van der Waals surface area contributed by atoms with E-state index in [1.165, 1.54) is 0 Å². The molecule has 1 fully saturated rings. The molecule has 0 N–H and O–H groups in total. The zero-order valence-electron chi connectivity index (χ0n) is 17.4. The van der Waals surface area contributed by atoms with Crippen molar-refractivity contribution in [1.82, 2.24) is 24.5 Å². The Kier molecular flexibility index (Phi) is 5.13. The van der Waals surface area contributed by atoms with Crippen LogP contribution in [0.25, 0.3) is 27.3 Å². The van der Waals surface area contributed by atoms with Crippen LogP contribution in [0.3, 0.4) is 0 Å². The lowest BCUT2D eigenvalue weighted by Gasteiger charge is -2.41. The number of thiophene rings is 1. The van der Waals surface area contributed by atoms with Gasteiger partial charge in [-0.25, -0.2) is 9.38 Å². The van der Waals surface area contributed by atoms with Gasteiger partial charge in [0.15, 0.2) is 11.5 Å². The van der Waals surface area contributed by atoms with Gasteiger partial charge in [-0.3, -0.25) is 4.90 Å². The number of rotatable bonds is 4. The summed E-state index contributed by atoms with van der Waals surface area (Å²) in [5.41, 5.74) is 1.68. The predicted molar refractivity (Wildman–Crippen MR) is 125 cm³/mol. The highest BCUT2D eigenvalue weighted by molar-refractivity contribution is 7.13. The van der Waals surface area contributed by atoms with Crippen molar-refractivity contribution in [2.24, 2.45) is 5.92 Å². The summed E-state index contributed by atoms with van der Waals surface area (Å²) >= 11 is 7.95. The second kappa shape index (κ2) is 7.80. The molecule has 4 heterocycles. The zero-order chi connectivity index (χ0) is 20.8. The van der Waals surface area contributed by atoms with E-state index in [2.05, 4.69) is 56.6 Å². The van der Waals surface area contributed by atoms with Crippen LogP contribution in [0.2, 0.25) is 5.02 Å². The van der Waals surface area contributed by atoms with Gasteiger partial charge in [0.2, 0.25) is 5.95 Å². The standard InChI is InChI=1S/C22H25ClN6S/c1-14(2)12-27-8-9-28(13-15(27)3)22-24-18-11-16(23)6-7-17(18)20-25-26-21(29(20)22)19-5-4-10-30-19/h4-7,10-11,14-15H,8-9,12-13H2,1-3H3/t15-/m0/s1. The van der Waals surface area contributed by atoms with Gasteiger partial charge in [0, 0.05) is 42.6 Å². The van der Waals surface area contributed by atoms with E-state index in [9.17, 15) is 0 Å². The molecule has 1 saturated heterocycles. The Balaban J connectivity index is 1.65. The van der Waals surface area contributed by atoms with Gasteiger partial charge in [0.05, 0.1) is 10.4 Å². The molecule has 8 heteroatoms. The molecule has 1 aliphatic heterocycles. The van der Waals surface area contributed by atoms with Crippen molar-refractivity contribution in [1.29, 1.82) is 0 Å². The summed E-state index contributed by atoms with van der Waals surface area (Å²) in [5.74, 6) is 2.40. The van der Waals surface area contributed by atoms with Crippen molar-refractivity contribution < 1.29 is 0 Å². The maximum absolute atomic E-state index is 6.28. The first-order chi connectivity index (χ1) is 14.5. The Bertz CT molecular complexity index is 1190. The summed E-state index contributed by atoms with van der Waals surface area (Å²) in [7, 11) is 0. The second-order valence-corrected chi connectivity index (χ2v) is 9.80. The monoisotopic (exact) mass is 440 g/mol. The largest absolute Gasteiger partial charge is 0.339 e. The summed E-state index contributed by atoms with van der Waals surface area (Å²) in [6, 6.07) is 10.4. The molecule has 0 radical (unpaired) electrons. The van der Waals surface area contributed by atoms with E-state index in [1.807, 2.05) is 24.3 Å². The topological polar surface area (TPSA) is 49.6 Å². The van der Waals surface area contributed by atoms with E-state index in [1.54, 1.807) is 11.3 Å². The van der Waals surface area contributed by atoms with E-state index in [0.717, 1.165) is 59.4 Å². The van der Waals surface area contributed by atoms with Crippen LogP contribution >= 0.6 is 22.9 Å². The van der Waals surface area contributed by atoms with Crippen LogP contribution in [0.5, 0.6) is 0 Å². The molecule has 0 aliphatic carbocycles. The summed E-state index contributed by atoms with van der Waals surface area (Å²) in [5, 5.41) is 12.8. The fourth-order valence-corrected chi connectivity index (χ4v) is 5.15. The molecule has 0 bridgehead atoms. The SMILES string of the molecule is CC(C)CN1CCN(c2nc3cc(Cl)ccc3c3nnc(-c4cccs4)n23)C[C@@H]1C. The third-order valence-electron chi connectivity index (χ3n) is 5.67. The summed E-state index contributed by atoms with van der Waals surface area (Å²) < 4.78 is 2.12. The zero-order valence-corrected chi connectivity index (χ0v) is 19.0. The molecule has 0 saturated carbocycles. The molecule has 1 atom stereocenters. The number of anilines is 1. The lowest BCUT2D eigenvalue weighted by molar-refractivity contribution is 0.168. The molecule has 0 unspecified atom stereocenters. The van der Waals surface area contributed by atoms with Gasteiger partial charge >= 0.3 is 0 Å². The van der Waals surface area contributed by atoms with Gasteiger partial charge in [-0.1, -0.05) is 31.5 Å². The number of hydrogen-bond donors (Lipinski definition) is 0. The van der Waals surface area contributed by atoms with Crippen molar-refractivity contribution in [3.63, 3.8) is 0 Å². The second-order valence-electron chi connectivity index (χ2n) is 8.42. The number of nitrogens with zero attached hydrogens (tertiary/aromatic N) is 6. The Hall–Kier alpha value is -2.22. The number of halogens is 1. The Labute approximate surface area is 185 Å². The van der Waals surface area contributed by atoms with E-state index < -0.39 is 0 Å². The van der Waals surface area contributed by atoms with E-state index >= 15 is 0 Å². The molecule has 0 spiro atoms. The van der Waals surface area contributed by atoms with Gasteiger partial charge in [-0.15, -0.1) is 21.5 Å². The average Bonchev–Trinajstić information content (AvgIpc) is 3.38. The summed E-state index contributed by atoms with van der Waals surface area (Å²) in [4.78, 5) is 11.1. The van der Waals surface area contributed by atoms with E-state index in [0.29, 0.717) is 17.0 Å². The molecule has 0 amide bonds. The minimum Gasteiger partial charge on any atom is -0.339 e. The Morgan fingerprint density at radius 1 is 1.20 bits per heavy atom. The van der Waals surface area contributed by atoms with Crippen molar-refractivity contribution in [2.75, 3.05) is 31.1 Å². The minimum atomic E-state index is 0.453. The maximum Gasteiger partial charge on any atom is 0.213 e. The van der Waals surface area contributed by atoms with Crippen molar-refractivity contribution in [2.45, 2.75) is 26.8 Å². The van der Waals surface area contributed by atoms with Crippen LogP contribution in [0.1, 0.15) is 20.8 Å². The highest BCUT2D eigenvalue weighted by atomic mass is 35.5. The third-order valence-corrected chi connectivity index (χ3v) is 6.77. The number of benzene rings is 1. The highest BCUT2D eigenvalue weighted by Crippen LogP contribution is 2.32. The number of piperazine rings is 1. The molecule has 3 aromatic heterocycles. The molecular weight excluding hydrogens is 416 g/mol. The molecule has 6 nitrogen and oxygen atoms in total. The predicted octanol–water partition coefficient (Wildman–Crippen LogP) is 4.83. The van der Waals surface area contributed by atoms with Gasteiger partial charge < -0.3 is 4.90 Å². The average molecular weight is 441 g/mol. The summed E-state index contributed by atoms with van der Waals surface area (Å²) in [6.07, 6.45) is 0. The highest BCUT2D eigenvalue weighted by Gasteiger charge is 2.28. The lowest BCUT2D eigenvalue weighted by Crippen LogP contribution is -2.53. The van der Waals surface area contributed by atoms with Gasteiger partial charge in [-0.05, 0) is 42.5 Å². The molecule has 1 aromatic carbocycles. The number of hydrogen-bond acceptors (Lipinski definition) is 6. The minimum absolute atomic E-state index is 0.453. The lowest BCUT2D eigenvalue weighted by atomic mass is 10.1. The van der Waals surface area contributed by atoms with Crippen molar-refractivity contribution in [3.8, 4) is 10.7 Å². The number of aromatic nitrogens is 4.